The molecule has 0 unspecified atom stereocenters. The van der Waals surface area contributed by atoms with E-state index in [2.05, 4.69) is 4.98 Å². The Hall–Kier alpha value is -1.95. The molecule has 6 heteroatoms. The number of aliphatic hydroxyl groups is 1. The molecule has 2 heterocycles. The first-order valence-electron chi connectivity index (χ1n) is 6.11. The highest BCUT2D eigenvalue weighted by Crippen LogP contribution is 2.48. The highest BCUT2D eigenvalue weighted by Gasteiger charge is 2.53. The quantitative estimate of drug-likeness (QED) is 0.729. The minimum absolute atomic E-state index is 0.0595. The monoisotopic (exact) mass is 263 g/mol. The number of carboxylic acids is 1. The van der Waals surface area contributed by atoms with Crippen LogP contribution in [0.25, 0.3) is 0 Å². The van der Waals surface area contributed by atoms with E-state index in [0.717, 1.165) is 0 Å². The molecule has 2 aliphatic rings. The summed E-state index contributed by atoms with van der Waals surface area (Å²) in [6.07, 6.45) is 3.81. The van der Waals surface area contributed by atoms with Crippen molar-refractivity contribution in [2.75, 3.05) is 0 Å². The van der Waals surface area contributed by atoms with Crippen molar-refractivity contribution in [1.29, 1.82) is 0 Å². The van der Waals surface area contributed by atoms with E-state index in [-0.39, 0.29) is 12.8 Å². The molecule has 0 saturated heterocycles. The Bertz CT molecular complexity index is 560. The van der Waals surface area contributed by atoms with Gasteiger partial charge in [0.1, 0.15) is 5.60 Å². The first kappa shape index (κ1) is 12.1. The Labute approximate surface area is 109 Å². The van der Waals surface area contributed by atoms with Crippen molar-refractivity contribution in [2.45, 2.75) is 36.9 Å². The van der Waals surface area contributed by atoms with Gasteiger partial charge in [-0.05, 0) is 31.7 Å². The maximum Gasteiger partial charge on any atom is 0.339 e. The van der Waals surface area contributed by atoms with Gasteiger partial charge in [0.05, 0.1) is 5.56 Å². The molecule has 1 aromatic rings. The number of aromatic nitrogens is 1. The van der Waals surface area contributed by atoms with Crippen molar-refractivity contribution in [1.82, 2.24) is 4.98 Å². The third-order valence-corrected chi connectivity index (χ3v) is 4.10. The van der Waals surface area contributed by atoms with Crippen molar-refractivity contribution in [3.63, 3.8) is 0 Å². The van der Waals surface area contributed by atoms with Gasteiger partial charge in [-0.3, -0.25) is 4.98 Å². The van der Waals surface area contributed by atoms with Gasteiger partial charge in [0.25, 0.3) is 0 Å². The molecule has 1 fully saturated rings. The normalized spacial score (nSPS) is 33.0. The Morgan fingerprint density at radius 2 is 2.00 bits per heavy atom. The van der Waals surface area contributed by atoms with Crippen molar-refractivity contribution in [2.24, 2.45) is 0 Å². The number of pyridine rings is 1. The van der Waals surface area contributed by atoms with Gasteiger partial charge < -0.3 is 14.9 Å². The van der Waals surface area contributed by atoms with Gasteiger partial charge >= 0.3 is 11.9 Å². The lowest BCUT2D eigenvalue weighted by molar-refractivity contribution is -0.168. The van der Waals surface area contributed by atoms with Crippen molar-refractivity contribution < 1.29 is 24.5 Å². The lowest BCUT2D eigenvalue weighted by Crippen LogP contribution is -2.46. The van der Waals surface area contributed by atoms with Crippen LogP contribution in [0.3, 0.4) is 0 Å². The molecule has 1 aromatic heterocycles. The molecule has 0 amide bonds. The molecule has 3 rings (SSSR count). The first-order chi connectivity index (χ1) is 8.97. The molecular formula is C13H13NO5. The maximum absolute atomic E-state index is 11.8. The average molecular weight is 263 g/mol. The molecule has 1 aliphatic heterocycles. The van der Waals surface area contributed by atoms with Gasteiger partial charge in [0.2, 0.25) is 0 Å². The standard InChI is InChI=1S/C13H13NO5/c15-10-8-1-6-14-7-9(8)13(19-10)4-2-12(18,3-5-13)11(16)17/h1,6-7,18H,2-5H2,(H,16,17). The molecular weight excluding hydrogens is 250 g/mol. The SMILES string of the molecule is O=C1OC2(CCC(O)(C(=O)O)CC2)c2cnccc21. The van der Waals surface area contributed by atoms with E-state index >= 15 is 0 Å². The van der Waals surface area contributed by atoms with E-state index in [1.807, 2.05) is 0 Å². The summed E-state index contributed by atoms with van der Waals surface area (Å²) in [5.41, 5.74) is -1.35. The second-order valence-electron chi connectivity index (χ2n) is 5.14. The summed E-state index contributed by atoms with van der Waals surface area (Å²) >= 11 is 0. The molecule has 0 radical (unpaired) electrons. The number of hydrogen-bond donors (Lipinski definition) is 2. The molecule has 19 heavy (non-hydrogen) atoms. The highest BCUT2D eigenvalue weighted by molar-refractivity contribution is 5.94. The number of aliphatic carboxylic acids is 1. The van der Waals surface area contributed by atoms with Crippen LogP contribution in [-0.4, -0.2) is 32.7 Å². The van der Waals surface area contributed by atoms with Crippen LogP contribution in [0.4, 0.5) is 0 Å². The summed E-state index contributed by atoms with van der Waals surface area (Å²) < 4.78 is 5.45. The van der Waals surface area contributed by atoms with Crippen LogP contribution in [0.1, 0.15) is 41.6 Å². The minimum atomic E-state index is -1.72. The molecule has 100 valence electrons. The second kappa shape index (κ2) is 3.77. The topological polar surface area (TPSA) is 96.7 Å². The molecule has 0 bridgehead atoms. The molecule has 0 atom stereocenters. The number of carbonyl (C=O) groups excluding carboxylic acids is 1. The van der Waals surface area contributed by atoms with E-state index in [9.17, 15) is 14.7 Å². The van der Waals surface area contributed by atoms with E-state index < -0.39 is 23.1 Å². The van der Waals surface area contributed by atoms with E-state index in [1.165, 1.54) is 6.20 Å². The van der Waals surface area contributed by atoms with E-state index in [0.29, 0.717) is 24.0 Å². The van der Waals surface area contributed by atoms with Crippen LogP contribution in [0, 0.1) is 0 Å². The summed E-state index contributed by atoms with van der Waals surface area (Å²) in [5.74, 6) is -1.63. The zero-order chi connectivity index (χ0) is 13.7. The minimum Gasteiger partial charge on any atom is -0.479 e. The van der Waals surface area contributed by atoms with Crippen LogP contribution >= 0.6 is 0 Å². The Balaban J connectivity index is 1.93. The first-order valence-corrected chi connectivity index (χ1v) is 6.11. The highest BCUT2D eigenvalue weighted by atomic mass is 16.6. The molecule has 1 aliphatic carbocycles. The van der Waals surface area contributed by atoms with Crippen molar-refractivity contribution in [3.05, 3.63) is 29.6 Å². The average Bonchev–Trinajstić information content (AvgIpc) is 2.68. The number of rotatable bonds is 1. The fourth-order valence-corrected chi connectivity index (χ4v) is 2.88. The summed E-state index contributed by atoms with van der Waals surface area (Å²) in [7, 11) is 0. The predicted octanol–water partition coefficient (Wildman–Crippen LogP) is 0.837. The summed E-state index contributed by atoms with van der Waals surface area (Å²) in [6, 6.07) is 1.60. The molecule has 1 spiro atoms. The van der Waals surface area contributed by atoms with Crippen LogP contribution in [0.5, 0.6) is 0 Å². The van der Waals surface area contributed by atoms with Gasteiger partial charge in [-0.25, -0.2) is 9.59 Å². The summed E-state index contributed by atoms with van der Waals surface area (Å²) in [6.45, 7) is 0. The summed E-state index contributed by atoms with van der Waals surface area (Å²) in [4.78, 5) is 26.8. The van der Waals surface area contributed by atoms with Crippen molar-refractivity contribution >= 4 is 11.9 Å². The molecule has 2 N–H and O–H groups in total. The number of ether oxygens (including phenoxy) is 1. The predicted molar refractivity (Wildman–Crippen MR) is 62.4 cm³/mol. The fourth-order valence-electron chi connectivity index (χ4n) is 2.88. The van der Waals surface area contributed by atoms with Crippen LogP contribution in [0.2, 0.25) is 0 Å². The summed E-state index contributed by atoms with van der Waals surface area (Å²) in [5, 5.41) is 19.0. The Kier molecular flexibility index (Phi) is 2.40. The lowest BCUT2D eigenvalue weighted by Gasteiger charge is -2.38. The number of carboxylic acid groups (broad SMARTS) is 1. The molecule has 6 nitrogen and oxygen atoms in total. The maximum atomic E-state index is 11.8. The van der Waals surface area contributed by atoms with E-state index in [1.54, 1.807) is 12.3 Å². The number of fused-ring (bicyclic) bond motifs is 2. The van der Waals surface area contributed by atoms with E-state index in [4.69, 9.17) is 9.84 Å². The third-order valence-electron chi connectivity index (χ3n) is 4.10. The number of hydrogen-bond acceptors (Lipinski definition) is 5. The zero-order valence-electron chi connectivity index (χ0n) is 10.1. The molecule has 1 saturated carbocycles. The van der Waals surface area contributed by atoms with Gasteiger partial charge in [-0.1, -0.05) is 0 Å². The number of esters is 1. The van der Waals surface area contributed by atoms with Gasteiger partial charge in [-0.15, -0.1) is 0 Å². The second-order valence-corrected chi connectivity index (χ2v) is 5.14. The van der Waals surface area contributed by atoms with Crippen LogP contribution in [-0.2, 0) is 15.1 Å². The van der Waals surface area contributed by atoms with Crippen molar-refractivity contribution in [3.8, 4) is 0 Å². The van der Waals surface area contributed by atoms with Crippen LogP contribution < -0.4 is 0 Å². The van der Waals surface area contributed by atoms with Gasteiger partial charge in [0, 0.05) is 18.0 Å². The smallest absolute Gasteiger partial charge is 0.339 e. The zero-order valence-corrected chi connectivity index (χ0v) is 10.1. The fraction of sp³-hybridized carbons (Fsp3) is 0.462. The number of nitrogens with zero attached hydrogens (tertiary/aromatic N) is 1. The largest absolute Gasteiger partial charge is 0.479 e. The Morgan fingerprint density at radius 1 is 1.32 bits per heavy atom. The van der Waals surface area contributed by atoms with Crippen LogP contribution in [0.15, 0.2) is 18.5 Å². The third kappa shape index (κ3) is 1.63. The number of carbonyl (C=O) groups is 2. The van der Waals surface area contributed by atoms with Gasteiger partial charge in [-0.2, -0.15) is 0 Å². The molecule has 0 aromatic carbocycles. The van der Waals surface area contributed by atoms with Gasteiger partial charge in [0.15, 0.2) is 5.60 Å². The lowest BCUT2D eigenvalue weighted by atomic mass is 9.73. The Morgan fingerprint density at radius 3 is 2.63 bits per heavy atom.